The molecule has 8 heteroatoms. The Morgan fingerprint density at radius 2 is 2.00 bits per heavy atom. The maximum atomic E-state index is 14.3. The van der Waals surface area contributed by atoms with Crippen molar-refractivity contribution < 1.29 is 27.8 Å². The Morgan fingerprint density at radius 1 is 1.20 bits per heavy atom. The van der Waals surface area contributed by atoms with Crippen LogP contribution in [0.2, 0.25) is 0 Å². The van der Waals surface area contributed by atoms with Crippen molar-refractivity contribution in [1.82, 2.24) is 4.98 Å². The molecule has 2 atom stereocenters. The first kappa shape index (κ1) is 20.4. The van der Waals surface area contributed by atoms with E-state index in [9.17, 15) is 23.1 Å². The number of hydrogen-bond donors (Lipinski definition) is 1. The molecule has 30 heavy (non-hydrogen) atoms. The highest BCUT2D eigenvalue weighted by Gasteiger charge is 2.25. The van der Waals surface area contributed by atoms with Gasteiger partial charge in [0.25, 0.3) is 0 Å². The third kappa shape index (κ3) is 4.06. The van der Waals surface area contributed by atoms with Crippen LogP contribution in [0.1, 0.15) is 30.5 Å². The quantitative estimate of drug-likeness (QED) is 0.442. The van der Waals surface area contributed by atoms with Gasteiger partial charge in [-0.15, -0.1) is 0 Å². The monoisotopic (exact) mass is 431 g/mol. The standard InChI is InChI=1S/C22H16F3NO3S/c23-17-8-13-7-12(1-4-15-9-14(27)10-18(28)29-15)21(11-2-5-16(30)6-3-11)26-22(13)20(25)19(17)24/h1-5,7-8,14-15,27H,6,9-10H2/b4-1+/t14-,15-/m1/s1. The Balaban J connectivity index is 1.82. The predicted molar refractivity (Wildman–Crippen MR) is 110 cm³/mol. The summed E-state index contributed by atoms with van der Waals surface area (Å²) < 4.78 is 47.0. The Bertz CT molecular complexity index is 1160. The minimum absolute atomic E-state index is 0.0607. The number of rotatable bonds is 3. The summed E-state index contributed by atoms with van der Waals surface area (Å²) in [6, 6.07) is 2.37. The minimum atomic E-state index is -1.58. The van der Waals surface area contributed by atoms with E-state index in [0.29, 0.717) is 23.3 Å². The number of hydrogen-bond acceptors (Lipinski definition) is 5. The SMILES string of the molecule is O=C1C[C@H](O)C[C@@H](/C=C/c2cc3cc(F)c(F)c(F)c3nc2C2=CCC(=S)C=C2)O1. The van der Waals surface area contributed by atoms with Crippen molar-refractivity contribution in [2.24, 2.45) is 0 Å². The van der Waals surface area contributed by atoms with Crippen LogP contribution in [0, 0.1) is 17.5 Å². The van der Waals surface area contributed by atoms with Crippen LogP contribution >= 0.6 is 12.2 Å². The molecule has 1 N–H and O–H groups in total. The number of thiocarbonyl (C=S) groups is 1. The van der Waals surface area contributed by atoms with Crippen LogP contribution in [0.5, 0.6) is 0 Å². The lowest BCUT2D eigenvalue weighted by Crippen LogP contribution is -2.31. The molecule has 154 valence electrons. The van der Waals surface area contributed by atoms with Crippen molar-refractivity contribution >= 4 is 45.6 Å². The number of aliphatic hydroxyl groups is 1. The van der Waals surface area contributed by atoms with Crippen LogP contribution < -0.4 is 0 Å². The van der Waals surface area contributed by atoms with E-state index in [1.807, 2.05) is 6.08 Å². The number of benzene rings is 1. The maximum absolute atomic E-state index is 14.3. The number of esters is 1. The van der Waals surface area contributed by atoms with Crippen molar-refractivity contribution in [3.8, 4) is 0 Å². The molecular weight excluding hydrogens is 415 g/mol. The molecule has 0 spiro atoms. The second-order valence-corrected chi connectivity index (χ2v) is 7.65. The summed E-state index contributed by atoms with van der Waals surface area (Å²) in [4.78, 5) is 16.5. The second kappa shape index (κ2) is 8.12. The van der Waals surface area contributed by atoms with E-state index in [-0.39, 0.29) is 23.7 Å². The fourth-order valence-electron chi connectivity index (χ4n) is 3.44. The molecule has 1 saturated heterocycles. The average Bonchev–Trinajstić information content (AvgIpc) is 2.70. The van der Waals surface area contributed by atoms with Crippen molar-refractivity contribution in [1.29, 1.82) is 0 Å². The number of halogens is 3. The molecule has 0 bridgehead atoms. The van der Waals surface area contributed by atoms with E-state index in [0.717, 1.165) is 10.9 Å². The van der Waals surface area contributed by atoms with Gasteiger partial charge in [0.2, 0.25) is 0 Å². The normalized spacial score (nSPS) is 21.9. The maximum Gasteiger partial charge on any atom is 0.309 e. The lowest BCUT2D eigenvalue weighted by Gasteiger charge is -2.23. The molecule has 1 fully saturated rings. The summed E-state index contributed by atoms with van der Waals surface area (Å²) in [5, 5.41) is 9.85. The van der Waals surface area contributed by atoms with Gasteiger partial charge in [-0.05, 0) is 29.9 Å². The van der Waals surface area contributed by atoms with Gasteiger partial charge >= 0.3 is 5.97 Å². The highest BCUT2D eigenvalue weighted by Crippen LogP contribution is 2.30. The highest BCUT2D eigenvalue weighted by molar-refractivity contribution is 7.80. The lowest BCUT2D eigenvalue weighted by atomic mass is 9.97. The molecular formula is C22H16F3NO3S. The Morgan fingerprint density at radius 3 is 2.70 bits per heavy atom. The molecule has 4 rings (SSSR count). The van der Waals surface area contributed by atoms with Gasteiger partial charge in [0.1, 0.15) is 11.6 Å². The minimum Gasteiger partial charge on any atom is -0.458 e. The fourth-order valence-corrected chi connectivity index (χ4v) is 3.59. The second-order valence-electron chi connectivity index (χ2n) is 7.13. The topological polar surface area (TPSA) is 59.4 Å². The first-order chi connectivity index (χ1) is 14.3. The molecule has 0 unspecified atom stereocenters. The largest absolute Gasteiger partial charge is 0.458 e. The van der Waals surface area contributed by atoms with E-state index in [2.05, 4.69) is 4.98 Å². The van der Waals surface area contributed by atoms with Gasteiger partial charge < -0.3 is 9.84 Å². The Labute approximate surface area is 175 Å². The van der Waals surface area contributed by atoms with Crippen molar-refractivity contribution in [2.45, 2.75) is 31.5 Å². The molecule has 1 aliphatic heterocycles. The van der Waals surface area contributed by atoms with Crippen LogP contribution in [0.3, 0.4) is 0 Å². The Kier molecular flexibility index (Phi) is 5.53. The van der Waals surface area contributed by atoms with E-state index in [1.165, 1.54) is 6.07 Å². The number of aliphatic hydroxyl groups excluding tert-OH is 1. The van der Waals surface area contributed by atoms with Gasteiger partial charge in [0.05, 0.1) is 18.2 Å². The molecule has 1 aliphatic carbocycles. The lowest BCUT2D eigenvalue weighted by molar-refractivity contribution is -0.156. The molecule has 1 aromatic heterocycles. The molecule has 0 radical (unpaired) electrons. The first-order valence-electron chi connectivity index (χ1n) is 9.27. The van der Waals surface area contributed by atoms with Crippen molar-refractivity contribution in [3.05, 3.63) is 65.1 Å². The number of fused-ring (bicyclic) bond motifs is 1. The van der Waals surface area contributed by atoms with E-state index in [4.69, 9.17) is 17.0 Å². The van der Waals surface area contributed by atoms with Crippen LogP contribution in [0.15, 0.2) is 36.4 Å². The predicted octanol–water partition coefficient (Wildman–Crippen LogP) is 4.45. The van der Waals surface area contributed by atoms with Crippen LogP contribution in [0.25, 0.3) is 22.6 Å². The number of ether oxygens (including phenoxy) is 1. The van der Waals surface area contributed by atoms with Gasteiger partial charge in [-0.3, -0.25) is 4.79 Å². The number of allylic oxidation sites excluding steroid dienone is 4. The summed E-state index contributed by atoms with van der Waals surface area (Å²) in [7, 11) is 0. The van der Waals surface area contributed by atoms with Crippen LogP contribution in [-0.2, 0) is 9.53 Å². The number of pyridine rings is 1. The summed E-state index contributed by atoms with van der Waals surface area (Å²) in [6.45, 7) is 0. The number of aromatic nitrogens is 1. The van der Waals surface area contributed by atoms with Crippen LogP contribution in [0.4, 0.5) is 13.2 Å². The smallest absolute Gasteiger partial charge is 0.309 e. The summed E-state index contributed by atoms with van der Waals surface area (Å²) in [5.74, 6) is -4.76. The average molecular weight is 431 g/mol. The number of carbonyl (C=O) groups is 1. The zero-order valence-electron chi connectivity index (χ0n) is 15.6. The third-order valence-electron chi connectivity index (χ3n) is 4.90. The molecule has 1 aromatic carbocycles. The number of carbonyl (C=O) groups excluding carboxylic acids is 1. The molecule has 2 heterocycles. The molecule has 0 amide bonds. The van der Waals surface area contributed by atoms with E-state index in [1.54, 1.807) is 24.3 Å². The highest BCUT2D eigenvalue weighted by atomic mass is 32.1. The van der Waals surface area contributed by atoms with Gasteiger partial charge in [-0.2, -0.15) is 0 Å². The van der Waals surface area contributed by atoms with Gasteiger partial charge in [0, 0.05) is 28.7 Å². The zero-order valence-corrected chi connectivity index (χ0v) is 16.4. The molecule has 0 saturated carbocycles. The first-order valence-corrected chi connectivity index (χ1v) is 9.68. The summed E-state index contributed by atoms with van der Waals surface area (Å²) in [6.07, 6.45) is 7.69. The zero-order chi connectivity index (χ0) is 21.4. The number of cyclic esters (lactones) is 1. The van der Waals surface area contributed by atoms with E-state index >= 15 is 0 Å². The summed E-state index contributed by atoms with van der Waals surface area (Å²) in [5.41, 5.74) is 1.20. The van der Waals surface area contributed by atoms with E-state index < -0.39 is 35.6 Å². The molecule has 4 nitrogen and oxygen atoms in total. The summed E-state index contributed by atoms with van der Waals surface area (Å²) >= 11 is 5.14. The van der Waals surface area contributed by atoms with Gasteiger partial charge in [-0.1, -0.05) is 30.4 Å². The van der Waals surface area contributed by atoms with Gasteiger partial charge in [-0.25, -0.2) is 18.2 Å². The molecule has 2 aromatic rings. The fraction of sp³-hybridized carbons (Fsp3) is 0.227. The Hall–Kier alpha value is -2.84. The number of nitrogens with zero attached hydrogens (tertiary/aromatic N) is 1. The molecule has 2 aliphatic rings. The third-order valence-corrected chi connectivity index (χ3v) is 5.20. The van der Waals surface area contributed by atoms with Crippen molar-refractivity contribution in [3.63, 3.8) is 0 Å². The van der Waals surface area contributed by atoms with Crippen molar-refractivity contribution in [2.75, 3.05) is 0 Å². The van der Waals surface area contributed by atoms with Crippen LogP contribution in [-0.4, -0.2) is 33.1 Å². The van der Waals surface area contributed by atoms with Gasteiger partial charge in [0.15, 0.2) is 17.5 Å².